The van der Waals surface area contributed by atoms with E-state index in [0.717, 1.165) is 11.1 Å². The summed E-state index contributed by atoms with van der Waals surface area (Å²) in [6, 6.07) is 13.1. The standard InChI is InChI=1S/C19H15ClFNO2S/c1-12-16(20)6-3-7-17(12)22-19(23)18-8-13(11-25-18)10-24-15-5-2-4-14(21)9-15/h2-9,11H,10H2,1H3,(H,22,23). The highest BCUT2D eigenvalue weighted by Crippen LogP contribution is 2.25. The maximum atomic E-state index is 13.1. The lowest BCUT2D eigenvalue weighted by Gasteiger charge is -2.08. The summed E-state index contributed by atoms with van der Waals surface area (Å²) in [5.74, 6) is -0.0982. The molecule has 3 aromatic rings. The van der Waals surface area contributed by atoms with Gasteiger partial charge in [-0.2, -0.15) is 0 Å². The number of thiophene rings is 1. The van der Waals surface area contributed by atoms with Gasteiger partial charge in [0.05, 0.1) is 4.88 Å². The first kappa shape index (κ1) is 17.5. The van der Waals surface area contributed by atoms with Crippen molar-refractivity contribution in [1.82, 2.24) is 0 Å². The van der Waals surface area contributed by atoms with Gasteiger partial charge < -0.3 is 10.1 Å². The maximum absolute atomic E-state index is 13.1. The Bertz CT molecular complexity index is 910. The molecule has 0 aliphatic rings. The third-order valence-corrected chi connectivity index (χ3v) is 4.98. The van der Waals surface area contributed by atoms with Gasteiger partial charge in [-0.1, -0.05) is 23.7 Å². The molecule has 0 unspecified atom stereocenters. The molecule has 1 heterocycles. The van der Waals surface area contributed by atoms with Crippen LogP contribution in [0.1, 0.15) is 20.8 Å². The molecule has 0 spiro atoms. The second-order valence-electron chi connectivity index (χ2n) is 5.43. The van der Waals surface area contributed by atoms with Gasteiger partial charge in [0, 0.05) is 22.3 Å². The van der Waals surface area contributed by atoms with Crippen molar-refractivity contribution in [3.8, 4) is 5.75 Å². The van der Waals surface area contributed by atoms with Crippen LogP contribution in [0.2, 0.25) is 5.02 Å². The first-order valence-corrected chi connectivity index (χ1v) is 8.81. The summed E-state index contributed by atoms with van der Waals surface area (Å²) >= 11 is 7.39. The maximum Gasteiger partial charge on any atom is 0.265 e. The summed E-state index contributed by atoms with van der Waals surface area (Å²) in [5, 5.41) is 5.31. The summed E-state index contributed by atoms with van der Waals surface area (Å²) in [7, 11) is 0. The number of anilines is 1. The molecule has 0 saturated heterocycles. The quantitative estimate of drug-likeness (QED) is 0.623. The van der Waals surface area contributed by atoms with Crippen molar-refractivity contribution in [2.75, 3.05) is 5.32 Å². The van der Waals surface area contributed by atoms with Crippen molar-refractivity contribution in [2.24, 2.45) is 0 Å². The molecule has 3 nitrogen and oxygen atoms in total. The number of benzene rings is 2. The molecule has 0 atom stereocenters. The molecule has 0 saturated carbocycles. The average Bonchev–Trinajstić information content (AvgIpc) is 3.06. The van der Waals surface area contributed by atoms with Crippen molar-refractivity contribution in [3.63, 3.8) is 0 Å². The molecular weight excluding hydrogens is 361 g/mol. The highest BCUT2D eigenvalue weighted by Gasteiger charge is 2.12. The molecule has 0 bridgehead atoms. The number of amides is 1. The zero-order valence-electron chi connectivity index (χ0n) is 13.4. The first-order chi connectivity index (χ1) is 12.0. The Hall–Kier alpha value is -2.37. The Morgan fingerprint density at radius 3 is 2.84 bits per heavy atom. The molecule has 128 valence electrons. The van der Waals surface area contributed by atoms with Crippen LogP contribution in [0.25, 0.3) is 0 Å². The van der Waals surface area contributed by atoms with Gasteiger partial charge in [0.2, 0.25) is 0 Å². The summed E-state index contributed by atoms with van der Waals surface area (Å²) in [4.78, 5) is 12.9. The van der Waals surface area contributed by atoms with Crippen LogP contribution in [0.5, 0.6) is 5.75 Å². The van der Waals surface area contributed by atoms with Crippen LogP contribution >= 0.6 is 22.9 Å². The highest BCUT2D eigenvalue weighted by atomic mass is 35.5. The van der Waals surface area contributed by atoms with Gasteiger partial charge in [0.1, 0.15) is 18.2 Å². The third kappa shape index (κ3) is 4.38. The van der Waals surface area contributed by atoms with E-state index in [9.17, 15) is 9.18 Å². The number of carbonyl (C=O) groups is 1. The minimum absolute atomic E-state index is 0.202. The summed E-state index contributed by atoms with van der Waals surface area (Å²) in [5.41, 5.74) is 2.36. The summed E-state index contributed by atoms with van der Waals surface area (Å²) < 4.78 is 18.7. The van der Waals surface area contributed by atoms with Gasteiger partial charge in [-0.05, 0) is 48.2 Å². The van der Waals surface area contributed by atoms with E-state index in [0.29, 0.717) is 21.3 Å². The second kappa shape index (κ2) is 7.68. The fourth-order valence-electron chi connectivity index (χ4n) is 2.22. The number of hydrogen-bond acceptors (Lipinski definition) is 3. The van der Waals surface area contributed by atoms with Crippen LogP contribution in [0.15, 0.2) is 53.9 Å². The Morgan fingerprint density at radius 1 is 1.24 bits per heavy atom. The van der Waals surface area contributed by atoms with E-state index >= 15 is 0 Å². The number of ether oxygens (including phenoxy) is 1. The predicted molar refractivity (Wildman–Crippen MR) is 99.2 cm³/mol. The molecule has 25 heavy (non-hydrogen) atoms. The molecule has 1 aromatic heterocycles. The van der Waals surface area contributed by atoms with Gasteiger partial charge in [0.25, 0.3) is 5.91 Å². The molecule has 0 aliphatic heterocycles. The number of nitrogens with one attached hydrogen (secondary N) is 1. The van der Waals surface area contributed by atoms with Crippen LogP contribution in [0.4, 0.5) is 10.1 Å². The molecule has 0 aliphatic carbocycles. The van der Waals surface area contributed by atoms with Crippen LogP contribution in [0.3, 0.4) is 0 Å². The lowest BCUT2D eigenvalue weighted by Crippen LogP contribution is -2.11. The molecule has 1 N–H and O–H groups in total. The Labute approximate surface area is 154 Å². The Kier molecular flexibility index (Phi) is 5.36. The van der Waals surface area contributed by atoms with Crippen molar-refractivity contribution in [1.29, 1.82) is 0 Å². The van der Waals surface area contributed by atoms with Gasteiger partial charge in [-0.15, -0.1) is 11.3 Å². The van der Waals surface area contributed by atoms with Crippen LogP contribution in [-0.4, -0.2) is 5.91 Å². The number of hydrogen-bond donors (Lipinski definition) is 1. The first-order valence-electron chi connectivity index (χ1n) is 7.55. The number of carbonyl (C=O) groups excluding carboxylic acids is 1. The fourth-order valence-corrected chi connectivity index (χ4v) is 3.19. The monoisotopic (exact) mass is 375 g/mol. The molecule has 2 aromatic carbocycles. The summed E-state index contributed by atoms with van der Waals surface area (Å²) in [6.45, 7) is 2.12. The SMILES string of the molecule is Cc1c(Cl)cccc1NC(=O)c1cc(COc2cccc(F)c2)cs1. The van der Waals surface area contributed by atoms with E-state index < -0.39 is 0 Å². The number of halogens is 2. The molecule has 0 radical (unpaired) electrons. The normalized spacial score (nSPS) is 10.5. The van der Waals surface area contributed by atoms with Crippen LogP contribution in [0, 0.1) is 12.7 Å². The molecule has 6 heteroatoms. The van der Waals surface area contributed by atoms with Crippen molar-refractivity contribution < 1.29 is 13.9 Å². The van der Waals surface area contributed by atoms with E-state index in [1.165, 1.54) is 23.5 Å². The molecule has 0 fully saturated rings. The Morgan fingerprint density at radius 2 is 2.04 bits per heavy atom. The van der Waals surface area contributed by atoms with Crippen molar-refractivity contribution >= 4 is 34.5 Å². The van der Waals surface area contributed by atoms with Crippen LogP contribution in [-0.2, 0) is 6.61 Å². The van der Waals surface area contributed by atoms with E-state index in [-0.39, 0.29) is 18.3 Å². The van der Waals surface area contributed by atoms with Crippen molar-refractivity contribution in [3.05, 3.63) is 80.8 Å². The molecule has 3 rings (SSSR count). The van der Waals surface area contributed by atoms with E-state index in [1.807, 2.05) is 12.3 Å². The van der Waals surface area contributed by atoms with Crippen molar-refractivity contribution in [2.45, 2.75) is 13.5 Å². The smallest absolute Gasteiger partial charge is 0.265 e. The largest absolute Gasteiger partial charge is 0.489 e. The van der Waals surface area contributed by atoms with E-state index in [2.05, 4.69) is 5.32 Å². The van der Waals surface area contributed by atoms with E-state index in [4.69, 9.17) is 16.3 Å². The van der Waals surface area contributed by atoms with Gasteiger partial charge >= 0.3 is 0 Å². The van der Waals surface area contributed by atoms with Gasteiger partial charge in [-0.25, -0.2) is 4.39 Å². The topological polar surface area (TPSA) is 38.3 Å². The lowest BCUT2D eigenvalue weighted by molar-refractivity contribution is 0.103. The zero-order valence-corrected chi connectivity index (χ0v) is 15.0. The van der Waals surface area contributed by atoms with Crippen LogP contribution < -0.4 is 10.1 Å². The minimum Gasteiger partial charge on any atom is -0.489 e. The summed E-state index contributed by atoms with van der Waals surface area (Å²) in [6.07, 6.45) is 0. The minimum atomic E-state index is -0.347. The predicted octanol–water partition coefficient (Wildman–Crippen LogP) is 5.68. The third-order valence-electron chi connectivity index (χ3n) is 3.60. The average molecular weight is 376 g/mol. The van der Waals surface area contributed by atoms with E-state index in [1.54, 1.807) is 36.4 Å². The fraction of sp³-hybridized carbons (Fsp3) is 0.105. The van der Waals surface area contributed by atoms with Gasteiger partial charge in [0.15, 0.2) is 0 Å². The number of rotatable bonds is 5. The second-order valence-corrected chi connectivity index (χ2v) is 6.75. The zero-order chi connectivity index (χ0) is 17.8. The molecular formula is C19H15ClFNO2S. The Balaban J connectivity index is 1.64. The van der Waals surface area contributed by atoms with Gasteiger partial charge in [-0.3, -0.25) is 4.79 Å². The lowest BCUT2D eigenvalue weighted by atomic mass is 10.2. The molecule has 1 amide bonds. The highest BCUT2D eigenvalue weighted by molar-refractivity contribution is 7.12.